The molecule has 2 aromatic carbocycles. The number of nitrogens with one attached hydrogen (secondary N) is 2. The molecular formula is C33H44N4O4S. The Bertz CT molecular complexity index is 1300. The Balaban J connectivity index is 1.51. The molecule has 3 aliphatic rings. The van der Waals surface area contributed by atoms with Gasteiger partial charge in [-0.1, -0.05) is 38.5 Å². The highest BCUT2D eigenvalue weighted by Crippen LogP contribution is 2.71. The number of likely N-dealkylation sites (tertiary alicyclic amines) is 1. The third-order valence-corrected chi connectivity index (χ3v) is 11.9. The van der Waals surface area contributed by atoms with Gasteiger partial charge in [0, 0.05) is 34.9 Å². The quantitative estimate of drug-likeness (QED) is 0.340. The van der Waals surface area contributed by atoms with Crippen LogP contribution in [0.3, 0.4) is 0 Å². The van der Waals surface area contributed by atoms with Gasteiger partial charge in [-0.05, 0) is 75.9 Å². The lowest BCUT2D eigenvalue weighted by atomic mass is 9.66. The molecule has 3 fully saturated rings. The van der Waals surface area contributed by atoms with Crippen LogP contribution in [0.5, 0.6) is 0 Å². The van der Waals surface area contributed by atoms with E-state index >= 15 is 0 Å². The van der Waals surface area contributed by atoms with Crippen LogP contribution >= 0.6 is 11.8 Å². The van der Waals surface area contributed by atoms with Crippen molar-refractivity contribution in [2.75, 3.05) is 35.2 Å². The van der Waals surface area contributed by atoms with Crippen molar-refractivity contribution in [1.29, 1.82) is 0 Å². The zero-order valence-corrected chi connectivity index (χ0v) is 26.1. The maximum atomic E-state index is 14.5. The zero-order chi connectivity index (χ0) is 30.2. The monoisotopic (exact) mass is 592 g/mol. The van der Waals surface area contributed by atoms with Crippen molar-refractivity contribution in [2.24, 2.45) is 17.8 Å². The number of fused-ring (bicyclic) bond motifs is 1. The number of hydrogen-bond donors (Lipinski definition) is 3. The molecule has 0 radical (unpaired) electrons. The molecule has 2 aromatic rings. The highest BCUT2D eigenvalue weighted by molar-refractivity contribution is 8.02. The van der Waals surface area contributed by atoms with Gasteiger partial charge in [-0.3, -0.25) is 14.4 Å². The van der Waals surface area contributed by atoms with Gasteiger partial charge in [0.1, 0.15) is 6.04 Å². The van der Waals surface area contributed by atoms with Crippen LogP contribution in [-0.2, 0) is 14.4 Å². The third kappa shape index (κ3) is 4.98. The van der Waals surface area contributed by atoms with Crippen molar-refractivity contribution in [3.63, 3.8) is 0 Å². The van der Waals surface area contributed by atoms with E-state index in [2.05, 4.69) is 36.3 Å². The Morgan fingerprint density at radius 1 is 1.00 bits per heavy atom. The van der Waals surface area contributed by atoms with Crippen molar-refractivity contribution < 1.29 is 19.5 Å². The summed E-state index contributed by atoms with van der Waals surface area (Å²) < 4.78 is -1.23. The molecule has 1 spiro atoms. The maximum absolute atomic E-state index is 14.5. The molecule has 226 valence electrons. The smallest absolute Gasteiger partial charge is 0.248 e. The number of aliphatic hydroxyl groups excluding tert-OH is 1. The van der Waals surface area contributed by atoms with Crippen molar-refractivity contribution in [3.8, 4) is 0 Å². The van der Waals surface area contributed by atoms with Gasteiger partial charge in [-0.15, -0.1) is 11.8 Å². The summed E-state index contributed by atoms with van der Waals surface area (Å²) in [5.74, 6) is -1.90. The molecule has 2 unspecified atom stereocenters. The topological polar surface area (TPSA) is 102 Å². The van der Waals surface area contributed by atoms with Crippen LogP contribution in [0, 0.1) is 17.8 Å². The first-order chi connectivity index (χ1) is 20.1. The molecule has 2 bridgehead atoms. The minimum absolute atomic E-state index is 0.0211. The first-order valence-electron chi connectivity index (χ1n) is 15.3. The summed E-state index contributed by atoms with van der Waals surface area (Å²) in [5, 5.41) is 16.7. The molecule has 0 saturated carbocycles. The molecule has 3 heterocycles. The highest BCUT2D eigenvalue weighted by Gasteiger charge is 2.77. The molecule has 8 nitrogen and oxygen atoms in total. The Hall–Kier alpha value is -3.04. The second-order valence-electron chi connectivity index (χ2n) is 12.2. The number of carbonyl (C=O) groups excluding carboxylic acids is 3. The molecule has 42 heavy (non-hydrogen) atoms. The summed E-state index contributed by atoms with van der Waals surface area (Å²) in [6, 6.07) is 15.8. The molecule has 3 saturated heterocycles. The highest BCUT2D eigenvalue weighted by atomic mass is 32.2. The van der Waals surface area contributed by atoms with E-state index in [9.17, 15) is 19.5 Å². The van der Waals surface area contributed by atoms with Gasteiger partial charge in [0.2, 0.25) is 17.7 Å². The third-order valence-electron chi connectivity index (χ3n) is 9.90. The number of benzene rings is 2. The molecule has 3 amide bonds. The van der Waals surface area contributed by atoms with Gasteiger partial charge >= 0.3 is 0 Å². The molecule has 3 aliphatic heterocycles. The predicted octanol–water partition coefficient (Wildman–Crippen LogP) is 5.00. The summed E-state index contributed by atoms with van der Waals surface area (Å²) in [5.41, 5.74) is 2.43. The van der Waals surface area contributed by atoms with Crippen LogP contribution in [0.25, 0.3) is 0 Å². The number of para-hydroxylation sites is 1. The second kappa shape index (κ2) is 11.9. The number of aliphatic hydroxyl groups is 1. The number of anilines is 3. The Kier molecular flexibility index (Phi) is 8.63. The molecule has 3 N–H and O–H groups in total. The largest absolute Gasteiger partial charge is 0.394 e. The van der Waals surface area contributed by atoms with Gasteiger partial charge in [0.25, 0.3) is 0 Å². The molecule has 5 rings (SSSR count). The summed E-state index contributed by atoms with van der Waals surface area (Å²) in [6.07, 6.45) is 2.14. The van der Waals surface area contributed by atoms with E-state index in [1.807, 2.05) is 68.4 Å². The summed E-state index contributed by atoms with van der Waals surface area (Å²) in [6.45, 7) is 11.8. The van der Waals surface area contributed by atoms with Crippen LogP contribution in [0.4, 0.5) is 17.1 Å². The fourth-order valence-electron chi connectivity index (χ4n) is 7.53. The molecule has 0 aliphatic carbocycles. The van der Waals surface area contributed by atoms with E-state index < -0.39 is 33.4 Å². The fourth-order valence-corrected chi connectivity index (χ4v) is 9.87. The van der Waals surface area contributed by atoms with Gasteiger partial charge < -0.3 is 25.5 Å². The van der Waals surface area contributed by atoms with Gasteiger partial charge in [0.15, 0.2) is 0 Å². The summed E-state index contributed by atoms with van der Waals surface area (Å²) in [7, 11) is 0. The average molecular weight is 593 g/mol. The Morgan fingerprint density at radius 3 is 2.21 bits per heavy atom. The average Bonchev–Trinajstić information content (AvgIpc) is 3.56. The first kappa shape index (κ1) is 30.4. The maximum Gasteiger partial charge on any atom is 0.248 e. The molecular weight excluding hydrogens is 548 g/mol. The van der Waals surface area contributed by atoms with E-state index in [1.54, 1.807) is 16.7 Å². The lowest BCUT2D eigenvalue weighted by Crippen LogP contribution is -2.56. The number of hydrogen-bond acceptors (Lipinski definition) is 6. The van der Waals surface area contributed by atoms with Crippen LogP contribution in [0.2, 0.25) is 0 Å². The SMILES string of the molecule is CC[C@H](C)[C@H](CO)N1C(=O)[C@@H]2[C@H](C(=O)Nc3ccccc3)[C@]3(C)CCC2(S3)C1C(=O)Nc1ccc(N(CC)CC)cc1. The Morgan fingerprint density at radius 2 is 1.62 bits per heavy atom. The van der Waals surface area contributed by atoms with Gasteiger partial charge in [0.05, 0.1) is 29.2 Å². The van der Waals surface area contributed by atoms with Crippen molar-refractivity contribution in [2.45, 2.75) is 75.5 Å². The fraction of sp³-hybridized carbons (Fsp3) is 0.545. The summed E-state index contributed by atoms with van der Waals surface area (Å²) in [4.78, 5) is 46.6. The van der Waals surface area contributed by atoms with E-state index in [0.29, 0.717) is 17.8 Å². The lowest BCUT2D eigenvalue weighted by molar-refractivity contribution is -0.142. The normalized spacial score (nSPS) is 29.2. The number of thioether (sulfide) groups is 1. The van der Waals surface area contributed by atoms with Gasteiger partial charge in [-0.2, -0.15) is 0 Å². The van der Waals surface area contributed by atoms with Crippen LogP contribution in [0.1, 0.15) is 53.9 Å². The number of amides is 3. The van der Waals surface area contributed by atoms with E-state index in [0.717, 1.165) is 31.6 Å². The second-order valence-corrected chi connectivity index (χ2v) is 14.1. The first-order valence-corrected chi connectivity index (χ1v) is 16.1. The molecule has 7 atom stereocenters. The standard InChI is InChI=1S/C33H44N4O4S/c1-6-21(4)25(20-38)37-28(30(40)35-23-14-16-24(17-15-23)36(7-2)8-3)33-19-18-32(5,42-33)26(27(33)31(37)41)29(39)34-22-12-10-9-11-13-22/h9-17,21,25-28,38H,6-8,18-20H2,1-5H3,(H,34,39)(H,35,40)/t21-,25-,26+,27-,28?,32-,33?/m0/s1. The minimum atomic E-state index is -0.801. The van der Waals surface area contributed by atoms with Gasteiger partial charge in [-0.25, -0.2) is 0 Å². The van der Waals surface area contributed by atoms with Crippen LogP contribution in [-0.4, -0.2) is 69.0 Å². The Labute approximate surface area is 253 Å². The number of carbonyl (C=O) groups is 3. The van der Waals surface area contributed by atoms with Crippen LogP contribution < -0.4 is 15.5 Å². The van der Waals surface area contributed by atoms with E-state index in [4.69, 9.17) is 0 Å². The van der Waals surface area contributed by atoms with Crippen molar-refractivity contribution >= 4 is 46.5 Å². The predicted molar refractivity (Wildman–Crippen MR) is 170 cm³/mol. The van der Waals surface area contributed by atoms with Crippen molar-refractivity contribution in [3.05, 3.63) is 54.6 Å². The zero-order valence-electron chi connectivity index (χ0n) is 25.3. The molecule has 9 heteroatoms. The number of nitrogens with zero attached hydrogens (tertiary/aromatic N) is 2. The van der Waals surface area contributed by atoms with E-state index in [-0.39, 0.29) is 30.2 Å². The summed E-state index contributed by atoms with van der Waals surface area (Å²) >= 11 is 1.64. The van der Waals surface area contributed by atoms with Crippen molar-refractivity contribution in [1.82, 2.24) is 4.90 Å². The minimum Gasteiger partial charge on any atom is -0.394 e. The number of rotatable bonds is 11. The van der Waals surface area contributed by atoms with Crippen LogP contribution in [0.15, 0.2) is 54.6 Å². The lowest BCUT2D eigenvalue weighted by Gasteiger charge is -2.39. The van der Waals surface area contributed by atoms with E-state index in [1.165, 1.54) is 0 Å². The molecule has 0 aromatic heterocycles.